The molecule has 2 unspecified atom stereocenters. The third kappa shape index (κ3) is 2.93. The predicted octanol–water partition coefficient (Wildman–Crippen LogP) is 1.12. The van der Waals surface area contributed by atoms with E-state index in [2.05, 4.69) is 16.5 Å². The molecule has 6 heteroatoms. The number of hydrogen-bond acceptors (Lipinski definition) is 5. The third-order valence-corrected chi connectivity index (χ3v) is 3.90. The summed E-state index contributed by atoms with van der Waals surface area (Å²) in [7, 11) is 1.80. The monoisotopic (exact) mass is 254 g/mol. The van der Waals surface area contributed by atoms with Gasteiger partial charge in [-0.25, -0.2) is 0 Å². The Hall–Kier alpha value is -1.19. The van der Waals surface area contributed by atoms with E-state index in [9.17, 15) is 5.11 Å². The summed E-state index contributed by atoms with van der Waals surface area (Å²) in [5.41, 5.74) is 1.28. The summed E-state index contributed by atoms with van der Waals surface area (Å²) in [5, 5.41) is 25.9. The van der Waals surface area contributed by atoms with Gasteiger partial charge in [-0.3, -0.25) is 4.68 Å². The summed E-state index contributed by atoms with van der Waals surface area (Å²) in [6.45, 7) is 3.90. The lowest BCUT2D eigenvalue weighted by Gasteiger charge is -2.22. The molecule has 0 fully saturated rings. The van der Waals surface area contributed by atoms with Crippen LogP contribution < -0.4 is 5.32 Å². The topological polar surface area (TPSA) is 73.9 Å². The van der Waals surface area contributed by atoms with E-state index in [-0.39, 0.29) is 17.9 Å². The van der Waals surface area contributed by atoms with Crippen molar-refractivity contribution in [3.63, 3.8) is 0 Å². The summed E-state index contributed by atoms with van der Waals surface area (Å²) < 4.78 is 1.67. The summed E-state index contributed by atoms with van der Waals surface area (Å²) in [5.74, 6) is 0.713. The first-order valence-corrected chi connectivity index (χ1v) is 6.67. The molecule has 0 saturated carbocycles. The van der Waals surface area contributed by atoms with Gasteiger partial charge in [-0.2, -0.15) is 22.1 Å². The number of aryl methyl sites for hydroxylation is 2. The van der Waals surface area contributed by atoms with Gasteiger partial charge in [0.15, 0.2) is 0 Å². The molecule has 94 valence electrons. The van der Waals surface area contributed by atoms with E-state index in [4.69, 9.17) is 5.26 Å². The first-order valence-electron chi connectivity index (χ1n) is 5.39. The highest BCUT2D eigenvalue weighted by atomic mass is 32.2. The van der Waals surface area contributed by atoms with Crippen LogP contribution >= 0.6 is 11.8 Å². The minimum absolute atomic E-state index is 0.0666. The fourth-order valence-corrected chi connectivity index (χ4v) is 2.33. The molecule has 1 rings (SSSR count). The fraction of sp³-hybridized carbons (Fsp3) is 0.636. The molecular formula is C11H18N4OS. The zero-order chi connectivity index (χ0) is 13.0. The standard InChI is InChI=1S/C11H18N4OS/c1-7-9(5-12)11(15(3)14-7)13-8(2)10(6-16)17-4/h8,10,13,16H,6H2,1-4H3. The summed E-state index contributed by atoms with van der Waals surface area (Å²) in [6, 6.07) is 2.22. The summed E-state index contributed by atoms with van der Waals surface area (Å²) >= 11 is 1.60. The van der Waals surface area contributed by atoms with Crippen LogP contribution in [0.3, 0.4) is 0 Å². The molecule has 2 atom stereocenters. The van der Waals surface area contributed by atoms with E-state index in [0.717, 1.165) is 5.69 Å². The molecule has 17 heavy (non-hydrogen) atoms. The maximum absolute atomic E-state index is 9.23. The van der Waals surface area contributed by atoms with Crippen molar-refractivity contribution in [3.8, 4) is 6.07 Å². The van der Waals surface area contributed by atoms with E-state index in [0.29, 0.717) is 11.4 Å². The van der Waals surface area contributed by atoms with E-state index in [1.165, 1.54) is 0 Å². The molecule has 0 spiro atoms. The molecule has 1 aromatic heterocycles. The van der Waals surface area contributed by atoms with E-state index in [1.54, 1.807) is 23.5 Å². The Labute approximate surface area is 106 Å². The van der Waals surface area contributed by atoms with Gasteiger partial charge in [0.2, 0.25) is 0 Å². The third-order valence-electron chi connectivity index (χ3n) is 2.74. The van der Waals surface area contributed by atoms with E-state index < -0.39 is 0 Å². The average Bonchev–Trinajstić information content (AvgIpc) is 2.55. The summed E-state index contributed by atoms with van der Waals surface area (Å²) in [4.78, 5) is 0. The molecular weight excluding hydrogens is 236 g/mol. The first kappa shape index (κ1) is 13.9. The Morgan fingerprint density at radius 1 is 1.65 bits per heavy atom. The van der Waals surface area contributed by atoms with Gasteiger partial charge in [0.1, 0.15) is 17.5 Å². The fourth-order valence-electron chi connectivity index (χ4n) is 1.70. The van der Waals surface area contributed by atoms with Crippen LogP contribution in [-0.2, 0) is 7.05 Å². The molecule has 2 N–H and O–H groups in total. The lowest BCUT2D eigenvalue weighted by atomic mass is 10.2. The first-order chi connectivity index (χ1) is 8.04. The van der Waals surface area contributed by atoms with Gasteiger partial charge in [0.05, 0.1) is 12.3 Å². The number of thioether (sulfide) groups is 1. The van der Waals surface area contributed by atoms with Gasteiger partial charge in [0, 0.05) is 18.3 Å². The van der Waals surface area contributed by atoms with Gasteiger partial charge in [-0.1, -0.05) is 0 Å². The maximum Gasteiger partial charge on any atom is 0.142 e. The highest BCUT2D eigenvalue weighted by Gasteiger charge is 2.19. The zero-order valence-electron chi connectivity index (χ0n) is 10.6. The molecule has 5 nitrogen and oxygen atoms in total. The predicted molar refractivity (Wildman–Crippen MR) is 70.1 cm³/mol. The second kappa shape index (κ2) is 5.94. The molecule has 0 amide bonds. The molecule has 0 aliphatic rings. The smallest absolute Gasteiger partial charge is 0.142 e. The average molecular weight is 254 g/mol. The van der Waals surface area contributed by atoms with Gasteiger partial charge < -0.3 is 10.4 Å². The van der Waals surface area contributed by atoms with Gasteiger partial charge in [-0.05, 0) is 20.1 Å². The van der Waals surface area contributed by atoms with Crippen LogP contribution in [-0.4, -0.2) is 39.0 Å². The minimum atomic E-state index is 0.0666. The lowest BCUT2D eigenvalue weighted by molar-refractivity contribution is 0.288. The van der Waals surface area contributed by atoms with Crippen LogP contribution in [0.25, 0.3) is 0 Å². The van der Waals surface area contributed by atoms with Crippen LogP contribution in [0.5, 0.6) is 0 Å². The SMILES string of the molecule is CSC(CO)C(C)Nc1c(C#N)c(C)nn1C. The Morgan fingerprint density at radius 3 is 2.76 bits per heavy atom. The number of nitrogens with one attached hydrogen (secondary N) is 1. The molecule has 0 bridgehead atoms. The highest BCUT2D eigenvalue weighted by Crippen LogP contribution is 2.21. The largest absolute Gasteiger partial charge is 0.395 e. The second-order valence-corrected chi connectivity index (χ2v) is 5.01. The summed E-state index contributed by atoms with van der Waals surface area (Å²) in [6.07, 6.45) is 1.96. The van der Waals surface area contributed by atoms with Crippen molar-refractivity contribution in [2.75, 3.05) is 18.2 Å². The van der Waals surface area contributed by atoms with Crippen LogP contribution in [0.1, 0.15) is 18.2 Å². The second-order valence-electron chi connectivity index (χ2n) is 3.93. The highest BCUT2D eigenvalue weighted by molar-refractivity contribution is 7.99. The number of aromatic nitrogens is 2. The van der Waals surface area contributed by atoms with E-state index >= 15 is 0 Å². The number of hydrogen-bond donors (Lipinski definition) is 2. The van der Waals surface area contributed by atoms with Crippen molar-refractivity contribution < 1.29 is 5.11 Å². The Bertz CT molecular complexity index is 420. The molecule has 0 radical (unpaired) electrons. The number of rotatable bonds is 5. The number of aliphatic hydroxyl groups is 1. The minimum Gasteiger partial charge on any atom is -0.395 e. The quantitative estimate of drug-likeness (QED) is 0.824. The van der Waals surface area contributed by atoms with Crippen molar-refractivity contribution in [1.82, 2.24) is 9.78 Å². The Balaban J connectivity index is 2.92. The van der Waals surface area contributed by atoms with Crippen molar-refractivity contribution in [1.29, 1.82) is 5.26 Å². The molecule has 0 aliphatic heterocycles. The Morgan fingerprint density at radius 2 is 2.29 bits per heavy atom. The number of anilines is 1. The molecule has 0 aliphatic carbocycles. The van der Waals surface area contributed by atoms with Gasteiger partial charge >= 0.3 is 0 Å². The van der Waals surface area contributed by atoms with Crippen LogP contribution in [0, 0.1) is 18.3 Å². The van der Waals surface area contributed by atoms with Crippen molar-refractivity contribution >= 4 is 17.6 Å². The lowest BCUT2D eigenvalue weighted by Crippen LogP contribution is -2.32. The normalized spacial score (nSPS) is 14.1. The number of nitriles is 1. The van der Waals surface area contributed by atoms with Crippen molar-refractivity contribution in [2.24, 2.45) is 7.05 Å². The molecule has 0 saturated heterocycles. The van der Waals surface area contributed by atoms with E-state index in [1.807, 2.05) is 20.1 Å². The van der Waals surface area contributed by atoms with Gasteiger partial charge in [-0.15, -0.1) is 0 Å². The van der Waals surface area contributed by atoms with Crippen LogP contribution in [0.2, 0.25) is 0 Å². The van der Waals surface area contributed by atoms with Crippen molar-refractivity contribution in [3.05, 3.63) is 11.3 Å². The number of nitrogens with zero attached hydrogens (tertiary/aromatic N) is 3. The number of aliphatic hydroxyl groups excluding tert-OH is 1. The van der Waals surface area contributed by atoms with Crippen LogP contribution in [0.4, 0.5) is 5.82 Å². The Kier molecular flexibility index (Phi) is 4.85. The maximum atomic E-state index is 9.23. The van der Waals surface area contributed by atoms with Crippen LogP contribution in [0.15, 0.2) is 0 Å². The van der Waals surface area contributed by atoms with Gasteiger partial charge in [0.25, 0.3) is 0 Å². The molecule has 1 heterocycles. The molecule has 0 aromatic carbocycles. The van der Waals surface area contributed by atoms with Crippen molar-refractivity contribution in [2.45, 2.75) is 25.1 Å². The zero-order valence-corrected chi connectivity index (χ0v) is 11.4. The molecule has 1 aromatic rings.